The van der Waals surface area contributed by atoms with E-state index in [0.29, 0.717) is 6.61 Å². The predicted molar refractivity (Wildman–Crippen MR) is 68.4 cm³/mol. The van der Waals surface area contributed by atoms with Gasteiger partial charge in [0.25, 0.3) is 0 Å². The van der Waals surface area contributed by atoms with Crippen molar-refractivity contribution in [1.82, 2.24) is 0 Å². The number of carbonyl (C=O) groups excluding carboxylic acids is 2. The molecule has 0 amide bonds. The summed E-state index contributed by atoms with van der Waals surface area (Å²) in [6, 6.07) is 0. The molecule has 0 bridgehead atoms. The zero-order valence-electron chi connectivity index (χ0n) is 12.3. The lowest BCUT2D eigenvalue weighted by Crippen LogP contribution is -2.19. The summed E-state index contributed by atoms with van der Waals surface area (Å²) >= 11 is 0. The highest BCUT2D eigenvalue weighted by atomic mass is 16.5. The zero-order valence-corrected chi connectivity index (χ0v) is 12.3. The molecular formula is C13H24O6. The molecule has 1 fully saturated rings. The van der Waals surface area contributed by atoms with Crippen LogP contribution >= 0.6 is 0 Å². The summed E-state index contributed by atoms with van der Waals surface area (Å²) in [7, 11) is 2.71. The Morgan fingerprint density at radius 3 is 2.21 bits per heavy atom. The maximum atomic E-state index is 11.0. The maximum Gasteiger partial charge on any atom is 0.311 e. The third-order valence-electron chi connectivity index (χ3n) is 2.83. The van der Waals surface area contributed by atoms with Crippen LogP contribution in [0, 0.1) is 11.8 Å². The van der Waals surface area contributed by atoms with Crippen LogP contribution < -0.4 is 0 Å². The van der Waals surface area contributed by atoms with Crippen molar-refractivity contribution in [3.05, 3.63) is 0 Å². The van der Waals surface area contributed by atoms with Gasteiger partial charge in [0.1, 0.15) is 0 Å². The van der Waals surface area contributed by atoms with Crippen molar-refractivity contribution in [3.63, 3.8) is 0 Å². The second kappa shape index (κ2) is 8.12. The third-order valence-corrected chi connectivity index (χ3v) is 2.83. The first-order valence-corrected chi connectivity index (χ1v) is 6.18. The summed E-state index contributed by atoms with van der Waals surface area (Å²) in [5.74, 6) is -0.974. The Labute approximate surface area is 114 Å². The summed E-state index contributed by atoms with van der Waals surface area (Å²) < 4.78 is 14.3. The molecule has 0 radical (unpaired) electrons. The van der Waals surface area contributed by atoms with Crippen LogP contribution in [0.25, 0.3) is 0 Å². The van der Waals surface area contributed by atoms with Gasteiger partial charge in [-0.05, 0) is 27.2 Å². The number of hydrogen-bond acceptors (Lipinski definition) is 6. The Bertz CT molecular complexity index is 300. The molecule has 0 aliphatic carbocycles. The first-order chi connectivity index (χ1) is 8.77. The molecule has 0 aromatic carbocycles. The number of rotatable bonds is 3. The van der Waals surface area contributed by atoms with Gasteiger partial charge in [-0.15, -0.1) is 0 Å². The van der Waals surface area contributed by atoms with Gasteiger partial charge in [-0.2, -0.15) is 0 Å². The number of hydrogen-bond donors (Lipinski definition) is 1. The van der Waals surface area contributed by atoms with Gasteiger partial charge in [0.2, 0.25) is 0 Å². The van der Waals surface area contributed by atoms with E-state index in [0.717, 1.165) is 6.42 Å². The van der Waals surface area contributed by atoms with E-state index in [1.807, 2.05) is 13.8 Å². The molecule has 0 unspecified atom stereocenters. The molecule has 112 valence electrons. The molecule has 2 atom stereocenters. The minimum Gasteiger partial charge on any atom is -0.469 e. The van der Waals surface area contributed by atoms with Gasteiger partial charge in [-0.3, -0.25) is 9.59 Å². The topological polar surface area (TPSA) is 82.1 Å². The van der Waals surface area contributed by atoms with Crippen LogP contribution in [0.15, 0.2) is 0 Å². The van der Waals surface area contributed by atoms with Crippen molar-refractivity contribution in [2.75, 3.05) is 27.4 Å². The van der Waals surface area contributed by atoms with Crippen LogP contribution in [0.2, 0.25) is 0 Å². The summed E-state index contributed by atoms with van der Waals surface area (Å²) in [5.41, 5.74) is -0.154. The van der Waals surface area contributed by atoms with Crippen molar-refractivity contribution < 1.29 is 28.9 Å². The Kier molecular flexibility index (Phi) is 7.63. The average molecular weight is 276 g/mol. The van der Waals surface area contributed by atoms with E-state index in [4.69, 9.17) is 9.84 Å². The van der Waals surface area contributed by atoms with Crippen LogP contribution in [0.4, 0.5) is 0 Å². The van der Waals surface area contributed by atoms with E-state index in [2.05, 4.69) is 9.47 Å². The van der Waals surface area contributed by atoms with Crippen LogP contribution in [-0.4, -0.2) is 50.1 Å². The number of esters is 2. The highest BCUT2D eigenvalue weighted by Crippen LogP contribution is 2.29. The van der Waals surface area contributed by atoms with E-state index in [9.17, 15) is 9.59 Å². The molecule has 0 spiro atoms. The fourth-order valence-corrected chi connectivity index (χ4v) is 1.63. The second-order valence-electron chi connectivity index (χ2n) is 5.10. The molecular weight excluding hydrogens is 252 g/mol. The van der Waals surface area contributed by atoms with Gasteiger partial charge in [-0.25, -0.2) is 0 Å². The highest BCUT2D eigenvalue weighted by molar-refractivity contribution is 5.72. The molecule has 19 heavy (non-hydrogen) atoms. The third kappa shape index (κ3) is 6.54. The van der Waals surface area contributed by atoms with Gasteiger partial charge >= 0.3 is 11.9 Å². The van der Waals surface area contributed by atoms with Gasteiger partial charge in [-0.1, -0.05) is 0 Å². The van der Waals surface area contributed by atoms with Crippen molar-refractivity contribution in [3.8, 4) is 0 Å². The smallest absolute Gasteiger partial charge is 0.311 e. The summed E-state index contributed by atoms with van der Waals surface area (Å²) in [4.78, 5) is 21.4. The molecule has 1 heterocycles. The molecule has 6 nitrogen and oxygen atoms in total. The Morgan fingerprint density at radius 2 is 1.95 bits per heavy atom. The lowest BCUT2D eigenvalue weighted by atomic mass is 9.98. The fourth-order valence-electron chi connectivity index (χ4n) is 1.63. The van der Waals surface area contributed by atoms with Crippen LogP contribution in [0.5, 0.6) is 0 Å². The second-order valence-corrected chi connectivity index (χ2v) is 5.10. The number of ether oxygens (including phenoxy) is 3. The van der Waals surface area contributed by atoms with Crippen LogP contribution in [0.1, 0.15) is 27.2 Å². The van der Waals surface area contributed by atoms with Crippen LogP contribution in [-0.2, 0) is 23.8 Å². The Balaban J connectivity index is 0.000000362. The maximum absolute atomic E-state index is 11.0. The van der Waals surface area contributed by atoms with Crippen molar-refractivity contribution >= 4 is 11.9 Å². The minimum absolute atomic E-state index is 0.0602. The number of aliphatic hydroxyl groups is 1. The normalized spacial score (nSPS) is 21.9. The van der Waals surface area contributed by atoms with Gasteiger partial charge in [0, 0.05) is 0 Å². The average Bonchev–Trinajstić information content (AvgIpc) is 2.76. The van der Waals surface area contributed by atoms with E-state index >= 15 is 0 Å². The summed E-state index contributed by atoms with van der Waals surface area (Å²) in [6.07, 6.45) is 0.764. The van der Waals surface area contributed by atoms with E-state index < -0.39 is 0 Å². The summed E-state index contributed by atoms with van der Waals surface area (Å²) in [5, 5.41) is 8.34. The lowest BCUT2D eigenvalue weighted by Gasteiger charge is -2.15. The molecule has 1 rings (SSSR count). The highest BCUT2D eigenvalue weighted by Gasteiger charge is 2.36. The quantitative estimate of drug-likeness (QED) is 0.766. The SMILES string of the molecule is COC(=O)[C@H](C)CO.COC(=O)[C@H]1COC(C)(C)C1. The van der Waals surface area contributed by atoms with E-state index in [-0.39, 0.29) is 36.0 Å². The number of aliphatic hydroxyl groups excluding tert-OH is 1. The molecule has 1 aliphatic rings. The van der Waals surface area contributed by atoms with Gasteiger partial charge in [0.15, 0.2) is 0 Å². The molecule has 6 heteroatoms. The van der Waals surface area contributed by atoms with E-state index in [1.165, 1.54) is 14.2 Å². The number of methoxy groups -OCH3 is 2. The monoisotopic (exact) mass is 276 g/mol. The fraction of sp³-hybridized carbons (Fsp3) is 0.846. The Hall–Kier alpha value is -1.14. The van der Waals surface area contributed by atoms with Gasteiger partial charge < -0.3 is 19.3 Å². The van der Waals surface area contributed by atoms with Crippen LogP contribution in [0.3, 0.4) is 0 Å². The summed E-state index contributed by atoms with van der Waals surface area (Å²) in [6.45, 7) is 5.92. The minimum atomic E-state index is -0.389. The molecule has 1 saturated heterocycles. The standard InChI is InChI=1S/C8H14O3.C5H10O3/c1-8(2)4-6(5-11-8)7(9)10-3;1-4(3-6)5(7)8-2/h6H,4-5H2,1-3H3;4,6H,3H2,1-2H3/t6-;4-/m11/s1. The molecule has 1 aliphatic heterocycles. The predicted octanol–water partition coefficient (Wildman–Crippen LogP) is 0.762. The lowest BCUT2D eigenvalue weighted by molar-refractivity contribution is -0.146. The number of carbonyl (C=O) groups is 2. The van der Waals surface area contributed by atoms with Crippen molar-refractivity contribution in [1.29, 1.82) is 0 Å². The molecule has 0 saturated carbocycles. The molecule has 0 aromatic heterocycles. The first-order valence-electron chi connectivity index (χ1n) is 6.18. The first kappa shape index (κ1) is 17.9. The zero-order chi connectivity index (χ0) is 15.1. The largest absolute Gasteiger partial charge is 0.469 e. The Morgan fingerprint density at radius 1 is 1.37 bits per heavy atom. The van der Waals surface area contributed by atoms with E-state index in [1.54, 1.807) is 6.92 Å². The van der Waals surface area contributed by atoms with Crippen molar-refractivity contribution in [2.45, 2.75) is 32.8 Å². The van der Waals surface area contributed by atoms with Gasteiger partial charge in [0.05, 0.1) is 44.9 Å². The molecule has 1 N–H and O–H groups in total. The molecule has 0 aromatic rings. The van der Waals surface area contributed by atoms with Crippen molar-refractivity contribution in [2.24, 2.45) is 11.8 Å².